The molecule has 1 heteroatoms. The number of nitrogens with zero attached hydrogens (tertiary/aromatic N) is 1. The Balaban J connectivity index is 2.17. The molecule has 94 valence electrons. The summed E-state index contributed by atoms with van der Waals surface area (Å²) in [6, 6.07) is 7.80. The highest BCUT2D eigenvalue weighted by Gasteiger charge is 2.19. The third kappa shape index (κ3) is 2.71. The lowest BCUT2D eigenvalue weighted by atomic mass is 9.92. The van der Waals surface area contributed by atoms with Gasteiger partial charge in [0.25, 0.3) is 0 Å². The second kappa shape index (κ2) is 5.22. The van der Waals surface area contributed by atoms with Crippen molar-refractivity contribution >= 4 is 0 Å². The molecule has 0 aliphatic carbocycles. The zero-order valence-electron chi connectivity index (χ0n) is 11.7. The minimum atomic E-state index is 0.646. The maximum Gasteiger partial charge on any atom is 0.0239 e. The van der Waals surface area contributed by atoms with Crippen molar-refractivity contribution in [3.63, 3.8) is 0 Å². The van der Waals surface area contributed by atoms with Crippen molar-refractivity contribution in [2.45, 2.75) is 59.0 Å². The van der Waals surface area contributed by atoms with E-state index < -0.39 is 0 Å². The zero-order valence-corrected chi connectivity index (χ0v) is 11.7. The van der Waals surface area contributed by atoms with Crippen molar-refractivity contribution < 1.29 is 0 Å². The van der Waals surface area contributed by atoms with Crippen LogP contribution in [0.4, 0.5) is 0 Å². The molecule has 0 aromatic heterocycles. The first-order chi connectivity index (χ1) is 8.11. The number of hydrogen-bond donors (Lipinski definition) is 0. The van der Waals surface area contributed by atoms with Crippen LogP contribution in [0.1, 0.15) is 56.7 Å². The molecule has 0 bridgehead atoms. The van der Waals surface area contributed by atoms with Gasteiger partial charge in [0, 0.05) is 19.1 Å². The fraction of sp³-hybridized carbons (Fsp3) is 0.625. The Labute approximate surface area is 106 Å². The van der Waals surface area contributed by atoms with Crippen molar-refractivity contribution in [1.29, 1.82) is 0 Å². The Morgan fingerprint density at radius 1 is 1.18 bits per heavy atom. The smallest absolute Gasteiger partial charge is 0.0239 e. The van der Waals surface area contributed by atoms with Gasteiger partial charge in [-0.3, -0.25) is 4.90 Å². The van der Waals surface area contributed by atoms with Crippen molar-refractivity contribution in [2.24, 2.45) is 0 Å². The summed E-state index contributed by atoms with van der Waals surface area (Å²) in [5.74, 6) is 0.646. The fourth-order valence-electron chi connectivity index (χ4n) is 2.59. The summed E-state index contributed by atoms with van der Waals surface area (Å²) in [7, 11) is 0. The van der Waals surface area contributed by atoms with Crippen LogP contribution in [0.15, 0.2) is 18.2 Å². The Hall–Kier alpha value is -0.820. The van der Waals surface area contributed by atoms with E-state index in [1.807, 2.05) is 0 Å². The van der Waals surface area contributed by atoms with Gasteiger partial charge in [-0.1, -0.05) is 39.0 Å². The van der Waals surface area contributed by atoms with E-state index in [1.165, 1.54) is 24.9 Å². The zero-order chi connectivity index (χ0) is 12.4. The highest BCUT2D eigenvalue weighted by Crippen LogP contribution is 2.25. The van der Waals surface area contributed by atoms with Gasteiger partial charge in [0.05, 0.1) is 0 Å². The van der Waals surface area contributed by atoms with Crippen molar-refractivity contribution in [2.75, 3.05) is 6.54 Å². The number of fused-ring (bicyclic) bond motifs is 1. The van der Waals surface area contributed by atoms with Gasteiger partial charge in [0.1, 0.15) is 0 Å². The Bertz CT molecular complexity index is 381. The molecule has 1 atom stereocenters. The molecule has 0 saturated heterocycles. The van der Waals surface area contributed by atoms with E-state index in [0.717, 1.165) is 6.54 Å². The maximum absolute atomic E-state index is 2.61. The summed E-state index contributed by atoms with van der Waals surface area (Å²) in [4.78, 5) is 2.61. The fourth-order valence-corrected chi connectivity index (χ4v) is 2.59. The lowest BCUT2D eigenvalue weighted by Crippen LogP contribution is -2.37. The van der Waals surface area contributed by atoms with Crippen molar-refractivity contribution in [3.8, 4) is 0 Å². The molecule has 2 rings (SSSR count). The normalized spacial score (nSPS) is 18.2. The molecule has 1 heterocycles. The van der Waals surface area contributed by atoms with Gasteiger partial charge >= 0.3 is 0 Å². The molecule has 0 amide bonds. The standard InChI is InChI=1S/C16H25N/c1-5-13(4)17-9-8-15-10-14(12(2)3)6-7-16(15)11-17/h6-7,10,12-13H,5,8-9,11H2,1-4H3. The van der Waals surface area contributed by atoms with Crippen LogP contribution in [0.5, 0.6) is 0 Å². The SMILES string of the molecule is CCC(C)N1CCc2cc(C(C)C)ccc2C1. The largest absolute Gasteiger partial charge is 0.296 e. The molecular weight excluding hydrogens is 206 g/mol. The summed E-state index contributed by atoms with van der Waals surface area (Å²) < 4.78 is 0. The number of rotatable bonds is 3. The Kier molecular flexibility index (Phi) is 3.88. The van der Waals surface area contributed by atoms with E-state index >= 15 is 0 Å². The van der Waals surface area contributed by atoms with Crippen LogP contribution in [0, 0.1) is 0 Å². The number of benzene rings is 1. The van der Waals surface area contributed by atoms with Crippen molar-refractivity contribution in [3.05, 3.63) is 34.9 Å². The molecule has 17 heavy (non-hydrogen) atoms. The predicted molar refractivity (Wildman–Crippen MR) is 74.4 cm³/mol. The van der Waals surface area contributed by atoms with Crippen LogP contribution in [0.3, 0.4) is 0 Å². The van der Waals surface area contributed by atoms with Crippen LogP contribution in [0.25, 0.3) is 0 Å². The van der Waals surface area contributed by atoms with E-state index in [9.17, 15) is 0 Å². The monoisotopic (exact) mass is 231 g/mol. The predicted octanol–water partition coefficient (Wildman–Crippen LogP) is 3.97. The van der Waals surface area contributed by atoms with Gasteiger partial charge in [0.15, 0.2) is 0 Å². The van der Waals surface area contributed by atoms with Gasteiger partial charge < -0.3 is 0 Å². The molecule has 1 aromatic carbocycles. The molecule has 0 spiro atoms. The summed E-state index contributed by atoms with van der Waals surface area (Å²) in [5, 5.41) is 0. The van der Waals surface area contributed by atoms with Crippen LogP contribution < -0.4 is 0 Å². The Morgan fingerprint density at radius 2 is 1.94 bits per heavy atom. The van der Waals surface area contributed by atoms with E-state index in [0.29, 0.717) is 12.0 Å². The third-order valence-corrected chi connectivity index (χ3v) is 4.15. The van der Waals surface area contributed by atoms with Crippen molar-refractivity contribution in [1.82, 2.24) is 4.90 Å². The molecule has 1 aromatic rings. The molecule has 1 aliphatic heterocycles. The first-order valence-electron chi connectivity index (χ1n) is 6.97. The quantitative estimate of drug-likeness (QED) is 0.761. The lowest BCUT2D eigenvalue weighted by molar-refractivity contribution is 0.186. The first-order valence-corrected chi connectivity index (χ1v) is 6.97. The molecule has 0 radical (unpaired) electrons. The minimum Gasteiger partial charge on any atom is -0.296 e. The summed E-state index contributed by atoms with van der Waals surface area (Å²) >= 11 is 0. The highest BCUT2D eigenvalue weighted by molar-refractivity contribution is 5.35. The molecule has 0 saturated carbocycles. The van der Waals surface area contributed by atoms with Crippen LogP contribution in [-0.2, 0) is 13.0 Å². The second-order valence-corrected chi connectivity index (χ2v) is 5.66. The lowest BCUT2D eigenvalue weighted by Gasteiger charge is -2.33. The molecule has 0 fully saturated rings. The number of hydrogen-bond acceptors (Lipinski definition) is 1. The topological polar surface area (TPSA) is 3.24 Å². The second-order valence-electron chi connectivity index (χ2n) is 5.66. The first kappa shape index (κ1) is 12.6. The van der Waals surface area contributed by atoms with E-state index in [4.69, 9.17) is 0 Å². The van der Waals surface area contributed by atoms with Gasteiger partial charge in [0.2, 0.25) is 0 Å². The highest BCUT2D eigenvalue weighted by atomic mass is 15.1. The molecule has 0 N–H and O–H groups in total. The summed E-state index contributed by atoms with van der Waals surface area (Å²) in [5.41, 5.74) is 4.61. The molecule has 1 aliphatic rings. The molecule has 1 unspecified atom stereocenters. The molecular formula is C16H25N. The average molecular weight is 231 g/mol. The Morgan fingerprint density at radius 3 is 2.59 bits per heavy atom. The average Bonchev–Trinajstić information content (AvgIpc) is 2.36. The summed E-state index contributed by atoms with van der Waals surface area (Å²) in [6.07, 6.45) is 2.47. The summed E-state index contributed by atoms with van der Waals surface area (Å²) in [6.45, 7) is 11.5. The minimum absolute atomic E-state index is 0.646. The third-order valence-electron chi connectivity index (χ3n) is 4.15. The van der Waals surface area contributed by atoms with Gasteiger partial charge in [-0.25, -0.2) is 0 Å². The van der Waals surface area contributed by atoms with Crippen LogP contribution in [0.2, 0.25) is 0 Å². The van der Waals surface area contributed by atoms with Gasteiger partial charge in [-0.2, -0.15) is 0 Å². The van der Waals surface area contributed by atoms with Gasteiger partial charge in [-0.05, 0) is 42.4 Å². The van der Waals surface area contributed by atoms with Crippen LogP contribution in [-0.4, -0.2) is 17.5 Å². The van der Waals surface area contributed by atoms with E-state index in [-0.39, 0.29) is 0 Å². The van der Waals surface area contributed by atoms with Crippen LogP contribution >= 0.6 is 0 Å². The van der Waals surface area contributed by atoms with Gasteiger partial charge in [-0.15, -0.1) is 0 Å². The van der Waals surface area contributed by atoms with E-state index in [1.54, 1.807) is 11.1 Å². The van der Waals surface area contributed by atoms with E-state index in [2.05, 4.69) is 50.8 Å². The maximum atomic E-state index is 2.61. The molecule has 1 nitrogen and oxygen atoms in total.